The molecule has 84 valence electrons. The summed E-state index contributed by atoms with van der Waals surface area (Å²) in [6.07, 6.45) is 5.62. The van der Waals surface area contributed by atoms with Crippen molar-refractivity contribution in [2.75, 3.05) is 0 Å². The molecule has 0 amide bonds. The minimum atomic E-state index is 0.155. The number of carbonyl (C=O) groups excluding carboxylic acids is 1. The first kappa shape index (κ1) is 11.1. The van der Waals surface area contributed by atoms with Gasteiger partial charge in [-0.05, 0) is 29.9 Å². The van der Waals surface area contributed by atoms with Crippen molar-refractivity contribution < 1.29 is 4.79 Å². The number of ketones is 1. The summed E-state index contributed by atoms with van der Waals surface area (Å²) in [4.78, 5) is 11.8. The number of allylic oxidation sites excluding steroid dienone is 2. The van der Waals surface area contributed by atoms with Crippen molar-refractivity contribution in [2.45, 2.75) is 26.7 Å². The van der Waals surface area contributed by atoms with E-state index < -0.39 is 0 Å². The van der Waals surface area contributed by atoms with Gasteiger partial charge in [0.2, 0.25) is 0 Å². The molecule has 0 saturated carbocycles. The van der Waals surface area contributed by atoms with E-state index in [9.17, 15) is 4.79 Å². The van der Waals surface area contributed by atoms with Crippen LogP contribution in [0.25, 0.3) is 0 Å². The highest BCUT2D eigenvalue weighted by molar-refractivity contribution is 5.93. The van der Waals surface area contributed by atoms with Gasteiger partial charge in [0.1, 0.15) is 0 Å². The minimum absolute atomic E-state index is 0.155. The van der Waals surface area contributed by atoms with Crippen molar-refractivity contribution >= 4 is 5.78 Å². The molecule has 0 aromatic heterocycles. The first-order valence-corrected chi connectivity index (χ1v) is 5.84. The average Bonchev–Trinajstić information content (AvgIpc) is 2.25. The van der Waals surface area contributed by atoms with Crippen LogP contribution in [0.3, 0.4) is 0 Å². The molecule has 0 spiro atoms. The van der Waals surface area contributed by atoms with E-state index in [2.05, 4.69) is 26.0 Å². The van der Waals surface area contributed by atoms with E-state index in [0.29, 0.717) is 0 Å². The van der Waals surface area contributed by atoms with Crippen LogP contribution in [0.2, 0.25) is 0 Å². The second kappa shape index (κ2) is 4.25. The van der Waals surface area contributed by atoms with Crippen LogP contribution in [-0.2, 0) is 11.2 Å². The third-order valence-electron chi connectivity index (χ3n) is 3.20. The quantitative estimate of drug-likeness (QED) is 0.737. The Hall–Kier alpha value is -1.37. The Morgan fingerprint density at radius 3 is 2.62 bits per heavy atom. The molecular formula is C15H18O. The zero-order valence-corrected chi connectivity index (χ0v) is 9.94. The molecule has 2 rings (SSSR count). The maximum Gasteiger partial charge on any atom is 0.158 e. The molecule has 1 aliphatic rings. The van der Waals surface area contributed by atoms with Crippen LogP contribution in [0.4, 0.5) is 0 Å². The van der Waals surface area contributed by atoms with E-state index >= 15 is 0 Å². The van der Waals surface area contributed by atoms with Gasteiger partial charge >= 0.3 is 0 Å². The SMILES string of the molecule is CC1(C)C=CC(=O)C(Cc2ccccc2)C1. The fraction of sp³-hybridized carbons (Fsp3) is 0.400. The Labute approximate surface area is 97.2 Å². The summed E-state index contributed by atoms with van der Waals surface area (Å²) in [5.41, 5.74) is 1.42. The predicted molar refractivity (Wildman–Crippen MR) is 66.2 cm³/mol. The Kier molecular flexibility index (Phi) is 2.95. The Morgan fingerprint density at radius 1 is 1.25 bits per heavy atom. The summed E-state index contributed by atoms with van der Waals surface area (Å²) in [7, 11) is 0. The predicted octanol–water partition coefficient (Wildman–Crippen LogP) is 3.40. The lowest BCUT2D eigenvalue weighted by atomic mass is 9.74. The summed E-state index contributed by atoms with van der Waals surface area (Å²) in [5, 5.41) is 0. The Bertz CT molecular complexity index is 401. The molecule has 0 N–H and O–H groups in total. The summed E-state index contributed by atoms with van der Waals surface area (Å²) >= 11 is 0. The molecule has 1 aromatic carbocycles. The van der Waals surface area contributed by atoms with Crippen molar-refractivity contribution in [3.8, 4) is 0 Å². The molecule has 0 saturated heterocycles. The van der Waals surface area contributed by atoms with Crippen molar-refractivity contribution in [3.05, 3.63) is 48.0 Å². The van der Waals surface area contributed by atoms with Crippen LogP contribution in [0.5, 0.6) is 0 Å². The summed E-state index contributed by atoms with van der Waals surface area (Å²) in [6, 6.07) is 10.3. The molecule has 1 nitrogen and oxygen atoms in total. The van der Waals surface area contributed by atoms with Gasteiger partial charge in [-0.3, -0.25) is 4.79 Å². The molecule has 1 heteroatoms. The molecule has 0 radical (unpaired) electrons. The first-order valence-electron chi connectivity index (χ1n) is 5.84. The normalized spacial score (nSPS) is 23.4. The number of rotatable bonds is 2. The van der Waals surface area contributed by atoms with Crippen LogP contribution in [0.1, 0.15) is 25.8 Å². The zero-order chi connectivity index (χ0) is 11.6. The highest BCUT2D eigenvalue weighted by Gasteiger charge is 2.29. The fourth-order valence-electron chi connectivity index (χ4n) is 2.32. The van der Waals surface area contributed by atoms with Crippen LogP contribution in [0, 0.1) is 11.3 Å². The van der Waals surface area contributed by atoms with Crippen molar-refractivity contribution in [1.82, 2.24) is 0 Å². The second-order valence-corrected chi connectivity index (χ2v) is 5.32. The van der Waals surface area contributed by atoms with Gasteiger partial charge in [0.15, 0.2) is 5.78 Å². The number of hydrogen-bond donors (Lipinski definition) is 0. The number of carbonyl (C=O) groups is 1. The summed E-state index contributed by atoms with van der Waals surface area (Å²) in [6.45, 7) is 4.38. The highest BCUT2D eigenvalue weighted by Crippen LogP contribution is 2.33. The molecule has 0 bridgehead atoms. The van der Waals surface area contributed by atoms with E-state index in [-0.39, 0.29) is 17.1 Å². The summed E-state index contributed by atoms with van der Waals surface area (Å²) < 4.78 is 0. The van der Waals surface area contributed by atoms with E-state index in [1.165, 1.54) is 5.56 Å². The molecular weight excluding hydrogens is 196 g/mol. The topological polar surface area (TPSA) is 17.1 Å². The third-order valence-corrected chi connectivity index (χ3v) is 3.20. The smallest absolute Gasteiger partial charge is 0.158 e. The molecule has 1 aliphatic carbocycles. The fourth-order valence-corrected chi connectivity index (χ4v) is 2.32. The maximum absolute atomic E-state index is 11.8. The molecule has 1 aromatic rings. The van der Waals surface area contributed by atoms with Crippen molar-refractivity contribution in [3.63, 3.8) is 0 Å². The zero-order valence-electron chi connectivity index (χ0n) is 9.94. The second-order valence-electron chi connectivity index (χ2n) is 5.32. The summed E-state index contributed by atoms with van der Waals surface area (Å²) in [5.74, 6) is 0.436. The van der Waals surface area contributed by atoms with E-state index in [0.717, 1.165) is 12.8 Å². The van der Waals surface area contributed by atoms with E-state index in [1.807, 2.05) is 24.3 Å². The largest absolute Gasteiger partial charge is 0.295 e. The average molecular weight is 214 g/mol. The van der Waals surface area contributed by atoms with E-state index in [4.69, 9.17) is 0 Å². The van der Waals surface area contributed by atoms with Crippen LogP contribution in [0.15, 0.2) is 42.5 Å². The van der Waals surface area contributed by atoms with Gasteiger partial charge in [-0.15, -0.1) is 0 Å². The Morgan fingerprint density at radius 2 is 1.94 bits per heavy atom. The standard InChI is InChI=1S/C15H18O/c1-15(2)9-8-14(16)13(11-15)10-12-6-4-3-5-7-12/h3-9,13H,10-11H2,1-2H3. The maximum atomic E-state index is 11.8. The monoisotopic (exact) mass is 214 g/mol. The van der Waals surface area contributed by atoms with Gasteiger partial charge < -0.3 is 0 Å². The lowest BCUT2D eigenvalue weighted by Crippen LogP contribution is -2.27. The van der Waals surface area contributed by atoms with Gasteiger partial charge in [-0.2, -0.15) is 0 Å². The number of hydrogen-bond acceptors (Lipinski definition) is 1. The number of benzene rings is 1. The molecule has 1 atom stereocenters. The molecule has 16 heavy (non-hydrogen) atoms. The van der Waals surface area contributed by atoms with E-state index in [1.54, 1.807) is 6.08 Å². The third kappa shape index (κ3) is 2.60. The molecule has 1 unspecified atom stereocenters. The van der Waals surface area contributed by atoms with Crippen LogP contribution in [-0.4, -0.2) is 5.78 Å². The van der Waals surface area contributed by atoms with Gasteiger partial charge in [-0.25, -0.2) is 0 Å². The molecule has 0 heterocycles. The lowest BCUT2D eigenvalue weighted by molar-refractivity contribution is -0.119. The molecule has 0 fully saturated rings. The first-order chi connectivity index (χ1) is 7.57. The minimum Gasteiger partial charge on any atom is -0.295 e. The molecule has 0 aliphatic heterocycles. The van der Waals surface area contributed by atoms with Crippen LogP contribution >= 0.6 is 0 Å². The van der Waals surface area contributed by atoms with Crippen molar-refractivity contribution in [1.29, 1.82) is 0 Å². The van der Waals surface area contributed by atoms with Gasteiger partial charge in [0.25, 0.3) is 0 Å². The van der Waals surface area contributed by atoms with Crippen LogP contribution < -0.4 is 0 Å². The van der Waals surface area contributed by atoms with Gasteiger partial charge in [0.05, 0.1) is 0 Å². The van der Waals surface area contributed by atoms with Gasteiger partial charge in [0, 0.05) is 5.92 Å². The lowest BCUT2D eigenvalue weighted by Gasteiger charge is -2.29. The Balaban J connectivity index is 2.11. The van der Waals surface area contributed by atoms with Gasteiger partial charge in [-0.1, -0.05) is 50.3 Å². The van der Waals surface area contributed by atoms with Crippen molar-refractivity contribution in [2.24, 2.45) is 11.3 Å². The highest BCUT2D eigenvalue weighted by atomic mass is 16.1.